The maximum absolute atomic E-state index is 11.7. The van der Waals surface area contributed by atoms with Crippen LogP contribution in [0.5, 0.6) is 0 Å². The van der Waals surface area contributed by atoms with Crippen LogP contribution in [0, 0.1) is 11.3 Å². The number of carbonyl (C=O) groups is 2. The van der Waals surface area contributed by atoms with E-state index in [0.717, 1.165) is 4.90 Å². The lowest BCUT2D eigenvalue weighted by Gasteiger charge is -2.09. The summed E-state index contributed by atoms with van der Waals surface area (Å²) in [6, 6.07) is 5.07. The molecule has 0 saturated heterocycles. The third kappa shape index (κ3) is 1.36. The van der Waals surface area contributed by atoms with Gasteiger partial charge in [-0.2, -0.15) is 5.26 Å². The number of hydrogen-bond donors (Lipinski definition) is 0. The van der Waals surface area contributed by atoms with Crippen molar-refractivity contribution in [3.05, 3.63) is 29.6 Å². The molecule has 2 rings (SSSR count). The normalized spacial score (nSPS) is 13.9. The molecule has 74 valence electrons. The minimum absolute atomic E-state index is 0.129. The summed E-state index contributed by atoms with van der Waals surface area (Å²) in [4.78, 5) is 28.2. The number of rotatable bonds is 2. The summed E-state index contributed by atoms with van der Waals surface area (Å²) in [5, 5.41) is 8.40. The lowest BCUT2D eigenvalue weighted by Crippen LogP contribution is -2.30. The number of pyridine rings is 1. The highest BCUT2D eigenvalue weighted by molar-refractivity contribution is 6.20. The van der Waals surface area contributed by atoms with Crippen molar-refractivity contribution >= 4 is 11.8 Å². The van der Waals surface area contributed by atoms with Gasteiger partial charge in [0.1, 0.15) is 5.69 Å². The van der Waals surface area contributed by atoms with Crippen molar-refractivity contribution in [2.75, 3.05) is 6.54 Å². The molecule has 0 atom stereocenters. The molecule has 0 fully saturated rings. The molecule has 2 heterocycles. The summed E-state index contributed by atoms with van der Waals surface area (Å²) in [5.74, 6) is -0.774. The van der Waals surface area contributed by atoms with Crippen LogP contribution in [-0.4, -0.2) is 28.2 Å². The van der Waals surface area contributed by atoms with Gasteiger partial charge in [0.15, 0.2) is 0 Å². The smallest absolute Gasteiger partial charge is 0.272 e. The number of carbonyl (C=O) groups excluding carboxylic acids is 2. The molecule has 1 aromatic heterocycles. The predicted octanol–water partition coefficient (Wildman–Crippen LogP) is 0.591. The molecule has 0 radical (unpaired) electrons. The van der Waals surface area contributed by atoms with E-state index in [1.807, 2.05) is 6.07 Å². The van der Waals surface area contributed by atoms with Gasteiger partial charge in [-0.25, -0.2) is 0 Å². The molecule has 0 N–H and O–H groups in total. The SMILES string of the molecule is N#CCCN1C(=O)c2cccnc2C1=O. The highest BCUT2D eigenvalue weighted by atomic mass is 16.2. The zero-order valence-electron chi connectivity index (χ0n) is 7.80. The van der Waals surface area contributed by atoms with Gasteiger partial charge < -0.3 is 0 Å². The van der Waals surface area contributed by atoms with Crippen LogP contribution in [0.2, 0.25) is 0 Å². The molecule has 0 saturated carbocycles. The van der Waals surface area contributed by atoms with E-state index in [1.165, 1.54) is 6.20 Å². The Balaban J connectivity index is 2.34. The number of nitriles is 1. The first kappa shape index (κ1) is 9.34. The van der Waals surface area contributed by atoms with Crippen LogP contribution in [0.25, 0.3) is 0 Å². The van der Waals surface area contributed by atoms with Crippen molar-refractivity contribution in [3.8, 4) is 6.07 Å². The van der Waals surface area contributed by atoms with E-state index in [-0.39, 0.29) is 24.6 Å². The second-order valence-electron chi connectivity index (χ2n) is 3.07. The van der Waals surface area contributed by atoms with Gasteiger partial charge in [0.05, 0.1) is 18.1 Å². The zero-order valence-corrected chi connectivity index (χ0v) is 7.80. The maximum atomic E-state index is 11.7. The highest BCUT2D eigenvalue weighted by Crippen LogP contribution is 2.20. The van der Waals surface area contributed by atoms with E-state index >= 15 is 0 Å². The first-order valence-corrected chi connectivity index (χ1v) is 4.44. The lowest BCUT2D eigenvalue weighted by molar-refractivity contribution is 0.0656. The van der Waals surface area contributed by atoms with Crippen molar-refractivity contribution in [2.24, 2.45) is 0 Å². The van der Waals surface area contributed by atoms with Crippen molar-refractivity contribution in [3.63, 3.8) is 0 Å². The molecule has 1 aliphatic heterocycles. The van der Waals surface area contributed by atoms with Gasteiger partial charge in [0, 0.05) is 12.7 Å². The first-order valence-electron chi connectivity index (χ1n) is 4.44. The number of aromatic nitrogens is 1. The molecular formula is C10H7N3O2. The predicted molar refractivity (Wildman–Crippen MR) is 49.8 cm³/mol. The fourth-order valence-corrected chi connectivity index (χ4v) is 1.48. The number of imide groups is 1. The minimum Gasteiger partial charge on any atom is -0.272 e. The fraction of sp³-hybridized carbons (Fsp3) is 0.200. The molecule has 0 aromatic carbocycles. The topological polar surface area (TPSA) is 74.1 Å². The Hall–Kier alpha value is -2.22. The quantitative estimate of drug-likeness (QED) is 0.656. The van der Waals surface area contributed by atoms with Crippen molar-refractivity contribution in [1.82, 2.24) is 9.88 Å². The zero-order chi connectivity index (χ0) is 10.8. The number of fused-ring (bicyclic) bond motifs is 1. The van der Waals surface area contributed by atoms with Gasteiger partial charge in [0.2, 0.25) is 0 Å². The van der Waals surface area contributed by atoms with Crippen molar-refractivity contribution < 1.29 is 9.59 Å². The molecule has 0 spiro atoms. The molecule has 0 aliphatic carbocycles. The van der Waals surface area contributed by atoms with E-state index in [1.54, 1.807) is 12.1 Å². The summed E-state index contributed by atoms with van der Waals surface area (Å²) in [7, 11) is 0. The van der Waals surface area contributed by atoms with E-state index in [0.29, 0.717) is 5.56 Å². The Kier molecular flexibility index (Phi) is 2.18. The molecule has 1 aromatic rings. The van der Waals surface area contributed by atoms with Crippen LogP contribution in [0.4, 0.5) is 0 Å². The number of nitrogens with zero attached hydrogens (tertiary/aromatic N) is 3. The molecule has 5 nitrogen and oxygen atoms in total. The number of amides is 2. The van der Waals surface area contributed by atoms with E-state index in [9.17, 15) is 9.59 Å². The second kappa shape index (κ2) is 3.50. The molecule has 0 unspecified atom stereocenters. The van der Waals surface area contributed by atoms with Gasteiger partial charge in [0.25, 0.3) is 11.8 Å². The van der Waals surface area contributed by atoms with Crippen LogP contribution >= 0.6 is 0 Å². The molecular weight excluding hydrogens is 194 g/mol. The van der Waals surface area contributed by atoms with Crippen LogP contribution in [0.3, 0.4) is 0 Å². The third-order valence-corrected chi connectivity index (χ3v) is 2.18. The second-order valence-corrected chi connectivity index (χ2v) is 3.07. The summed E-state index contributed by atoms with van der Waals surface area (Å²) < 4.78 is 0. The standard InChI is InChI=1S/C10H7N3O2/c11-4-2-6-13-9(14)7-3-1-5-12-8(7)10(13)15/h1,3,5H,2,6H2. The van der Waals surface area contributed by atoms with Gasteiger partial charge in [-0.3, -0.25) is 19.5 Å². The van der Waals surface area contributed by atoms with Gasteiger partial charge in [-0.15, -0.1) is 0 Å². The lowest BCUT2D eigenvalue weighted by atomic mass is 10.2. The fourth-order valence-electron chi connectivity index (χ4n) is 1.48. The van der Waals surface area contributed by atoms with Gasteiger partial charge in [-0.05, 0) is 12.1 Å². The summed E-state index contributed by atoms with van der Waals surface area (Å²) in [5.41, 5.74) is 0.501. The van der Waals surface area contributed by atoms with Crippen molar-refractivity contribution in [2.45, 2.75) is 6.42 Å². The summed E-state index contributed by atoms with van der Waals surface area (Å²) >= 11 is 0. The maximum Gasteiger partial charge on any atom is 0.280 e. The largest absolute Gasteiger partial charge is 0.280 e. The van der Waals surface area contributed by atoms with E-state index in [4.69, 9.17) is 5.26 Å². The van der Waals surface area contributed by atoms with E-state index < -0.39 is 5.91 Å². The van der Waals surface area contributed by atoms with Crippen LogP contribution < -0.4 is 0 Å². The van der Waals surface area contributed by atoms with Crippen LogP contribution in [-0.2, 0) is 0 Å². The Morgan fingerprint density at radius 2 is 2.20 bits per heavy atom. The first-order chi connectivity index (χ1) is 7.25. The highest BCUT2D eigenvalue weighted by Gasteiger charge is 2.35. The van der Waals surface area contributed by atoms with Gasteiger partial charge in [-0.1, -0.05) is 0 Å². The Morgan fingerprint density at radius 3 is 2.87 bits per heavy atom. The molecule has 5 heteroatoms. The Labute approximate surface area is 85.9 Å². The summed E-state index contributed by atoms with van der Waals surface area (Å²) in [6.07, 6.45) is 1.61. The Morgan fingerprint density at radius 1 is 1.40 bits per heavy atom. The molecule has 15 heavy (non-hydrogen) atoms. The Bertz CT molecular complexity index is 441. The average molecular weight is 201 g/mol. The van der Waals surface area contributed by atoms with Gasteiger partial charge >= 0.3 is 0 Å². The molecule has 1 aliphatic rings. The van der Waals surface area contributed by atoms with E-state index in [2.05, 4.69) is 4.98 Å². The third-order valence-electron chi connectivity index (χ3n) is 2.18. The van der Waals surface area contributed by atoms with Crippen LogP contribution in [0.1, 0.15) is 27.3 Å². The molecule has 2 amide bonds. The van der Waals surface area contributed by atoms with Crippen molar-refractivity contribution in [1.29, 1.82) is 5.26 Å². The number of hydrogen-bond acceptors (Lipinski definition) is 4. The summed E-state index contributed by atoms with van der Waals surface area (Å²) in [6.45, 7) is 0.129. The molecule has 0 bridgehead atoms. The average Bonchev–Trinajstić information content (AvgIpc) is 2.51. The monoisotopic (exact) mass is 201 g/mol. The minimum atomic E-state index is -0.411. The van der Waals surface area contributed by atoms with Crippen LogP contribution in [0.15, 0.2) is 18.3 Å².